The summed E-state index contributed by atoms with van der Waals surface area (Å²) < 4.78 is 5.49. The molecule has 2 fully saturated rings. The van der Waals surface area contributed by atoms with E-state index in [4.69, 9.17) is 9.73 Å². The molecule has 0 aromatic heterocycles. The second kappa shape index (κ2) is 12.3. The Labute approximate surface area is 183 Å². The van der Waals surface area contributed by atoms with Gasteiger partial charge in [0, 0.05) is 38.8 Å². The minimum Gasteiger partial charge on any atom is -0.379 e. The number of nitrogens with one attached hydrogen (secondary N) is 2. The fraction of sp³-hybridized carbons (Fsp3) is 0.708. The first kappa shape index (κ1) is 23.0. The second-order valence-corrected chi connectivity index (χ2v) is 8.79. The first-order chi connectivity index (χ1) is 14.7. The molecule has 0 radical (unpaired) electrons. The number of guanidine groups is 1. The van der Waals surface area contributed by atoms with Gasteiger partial charge in [0.05, 0.1) is 19.8 Å². The van der Waals surface area contributed by atoms with Gasteiger partial charge in [0.15, 0.2) is 5.96 Å². The maximum absolute atomic E-state index is 5.49. The highest BCUT2D eigenvalue weighted by molar-refractivity contribution is 5.79. The Hall–Kier alpha value is -1.63. The van der Waals surface area contributed by atoms with Gasteiger partial charge in [-0.05, 0) is 49.9 Å². The number of hydrogen-bond donors (Lipinski definition) is 2. The van der Waals surface area contributed by atoms with Crippen LogP contribution >= 0.6 is 0 Å². The summed E-state index contributed by atoms with van der Waals surface area (Å²) in [6.45, 7) is 16.4. The van der Waals surface area contributed by atoms with Crippen molar-refractivity contribution in [1.82, 2.24) is 20.4 Å². The predicted molar refractivity (Wildman–Crippen MR) is 125 cm³/mol. The highest BCUT2D eigenvalue weighted by Crippen LogP contribution is 2.17. The van der Waals surface area contributed by atoms with Crippen LogP contribution in [0.15, 0.2) is 29.3 Å². The maximum Gasteiger partial charge on any atom is 0.191 e. The molecule has 6 heteroatoms. The standard InChI is InChI=1S/C24H41N5O/c1-4-25-24(27-18-23(20(2)3)29-11-7-8-12-29)26-17-21-9-5-6-10-22(21)19-28-13-15-30-16-14-28/h5-6,9-10,20,23H,4,7-8,11-19H2,1-3H3,(H2,25,26,27). The molecule has 0 spiro atoms. The normalized spacial score (nSPS) is 19.9. The number of hydrogen-bond acceptors (Lipinski definition) is 4. The molecule has 2 saturated heterocycles. The number of benzene rings is 1. The molecule has 0 aliphatic carbocycles. The van der Waals surface area contributed by atoms with Crippen molar-refractivity contribution in [3.05, 3.63) is 35.4 Å². The van der Waals surface area contributed by atoms with Gasteiger partial charge in [-0.1, -0.05) is 38.1 Å². The van der Waals surface area contributed by atoms with Gasteiger partial charge in [-0.3, -0.25) is 9.80 Å². The molecular formula is C24H41N5O. The van der Waals surface area contributed by atoms with Gasteiger partial charge in [0.25, 0.3) is 0 Å². The number of likely N-dealkylation sites (tertiary alicyclic amines) is 1. The van der Waals surface area contributed by atoms with Gasteiger partial charge in [0.2, 0.25) is 0 Å². The van der Waals surface area contributed by atoms with Crippen molar-refractivity contribution < 1.29 is 4.74 Å². The monoisotopic (exact) mass is 415 g/mol. The maximum atomic E-state index is 5.49. The molecule has 1 aromatic carbocycles. The van der Waals surface area contributed by atoms with E-state index in [1.165, 1.54) is 37.1 Å². The zero-order chi connectivity index (χ0) is 21.2. The van der Waals surface area contributed by atoms with Gasteiger partial charge in [-0.2, -0.15) is 0 Å². The van der Waals surface area contributed by atoms with E-state index in [-0.39, 0.29) is 0 Å². The van der Waals surface area contributed by atoms with Crippen molar-refractivity contribution in [2.24, 2.45) is 10.9 Å². The summed E-state index contributed by atoms with van der Waals surface area (Å²) in [5.41, 5.74) is 2.68. The van der Waals surface area contributed by atoms with E-state index in [1.807, 2.05) is 0 Å². The second-order valence-electron chi connectivity index (χ2n) is 8.79. The smallest absolute Gasteiger partial charge is 0.191 e. The lowest BCUT2D eigenvalue weighted by atomic mass is 10.0. The molecule has 2 aliphatic heterocycles. The summed E-state index contributed by atoms with van der Waals surface area (Å²) in [5, 5.41) is 7.05. The molecule has 2 aliphatic rings. The summed E-state index contributed by atoms with van der Waals surface area (Å²) >= 11 is 0. The van der Waals surface area contributed by atoms with Gasteiger partial charge in [-0.25, -0.2) is 4.99 Å². The van der Waals surface area contributed by atoms with Crippen LogP contribution < -0.4 is 10.6 Å². The van der Waals surface area contributed by atoms with Crippen molar-refractivity contribution in [3.8, 4) is 0 Å². The fourth-order valence-corrected chi connectivity index (χ4v) is 4.43. The van der Waals surface area contributed by atoms with Crippen molar-refractivity contribution in [3.63, 3.8) is 0 Å². The highest BCUT2D eigenvalue weighted by Gasteiger charge is 2.24. The zero-order valence-corrected chi connectivity index (χ0v) is 19.2. The Balaban J connectivity index is 1.61. The molecule has 168 valence electrons. The molecule has 6 nitrogen and oxygen atoms in total. The number of ether oxygens (including phenoxy) is 1. The lowest BCUT2D eigenvalue weighted by Crippen LogP contribution is -2.48. The van der Waals surface area contributed by atoms with E-state index < -0.39 is 0 Å². The summed E-state index contributed by atoms with van der Waals surface area (Å²) in [5.74, 6) is 1.55. The fourth-order valence-electron chi connectivity index (χ4n) is 4.43. The quantitative estimate of drug-likeness (QED) is 0.480. The molecule has 0 bridgehead atoms. The van der Waals surface area contributed by atoms with Gasteiger partial charge in [0.1, 0.15) is 0 Å². The highest BCUT2D eigenvalue weighted by atomic mass is 16.5. The number of morpholine rings is 1. The molecule has 1 aromatic rings. The molecule has 2 N–H and O–H groups in total. The van der Waals surface area contributed by atoms with Crippen molar-refractivity contribution in [2.75, 3.05) is 52.5 Å². The third-order valence-corrected chi connectivity index (χ3v) is 6.23. The predicted octanol–water partition coefficient (Wildman–Crippen LogP) is 2.69. The Bertz CT molecular complexity index is 651. The van der Waals surface area contributed by atoms with Crippen LogP contribution in [0.2, 0.25) is 0 Å². The minimum absolute atomic E-state index is 0.560. The third-order valence-electron chi connectivity index (χ3n) is 6.23. The Morgan fingerprint density at radius 1 is 1.03 bits per heavy atom. The average Bonchev–Trinajstić information content (AvgIpc) is 3.28. The molecule has 2 heterocycles. The van der Waals surface area contributed by atoms with Crippen LogP contribution in [0.25, 0.3) is 0 Å². The van der Waals surface area contributed by atoms with Gasteiger partial charge >= 0.3 is 0 Å². The van der Waals surface area contributed by atoms with Crippen LogP contribution in [0, 0.1) is 5.92 Å². The van der Waals surface area contributed by atoms with Crippen LogP contribution in [0.5, 0.6) is 0 Å². The first-order valence-corrected chi connectivity index (χ1v) is 11.8. The Morgan fingerprint density at radius 2 is 1.73 bits per heavy atom. The van der Waals surface area contributed by atoms with Gasteiger partial charge < -0.3 is 15.4 Å². The van der Waals surface area contributed by atoms with Crippen molar-refractivity contribution in [1.29, 1.82) is 0 Å². The first-order valence-electron chi connectivity index (χ1n) is 11.8. The van der Waals surface area contributed by atoms with E-state index in [2.05, 4.69) is 65.5 Å². The zero-order valence-electron chi connectivity index (χ0n) is 19.2. The van der Waals surface area contributed by atoms with E-state index in [0.29, 0.717) is 18.5 Å². The molecule has 0 amide bonds. The molecular weight excluding hydrogens is 374 g/mol. The van der Waals surface area contributed by atoms with Crippen LogP contribution in [-0.4, -0.2) is 74.3 Å². The SMILES string of the molecule is CCNC(=NCc1ccccc1CN1CCOCC1)NCC(C(C)C)N1CCCC1. The molecule has 1 unspecified atom stereocenters. The number of nitrogens with zero attached hydrogens (tertiary/aromatic N) is 3. The Morgan fingerprint density at radius 3 is 2.40 bits per heavy atom. The topological polar surface area (TPSA) is 52.1 Å². The average molecular weight is 416 g/mol. The Kier molecular flexibility index (Phi) is 9.43. The van der Waals surface area contributed by atoms with E-state index in [9.17, 15) is 0 Å². The largest absolute Gasteiger partial charge is 0.379 e. The van der Waals surface area contributed by atoms with Crippen molar-refractivity contribution >= 4 is 5.96 Å². The molecule has 30 heavy (non-hydrogen) atoms. The number of aliphatic imine (C=N–C) groups is 1. The minimum atomic E-state index is 0.560. The van der Waals surface area contributed by atoms with Crippen LogP contribution in [0.4, 0.5) is 0 Å². The lowest BCUT2D eigenvalue weighted by Gasteiger charge is -2.31. The molecule has 0 saturated carbocycles. The van der Waals surface area contributed by atoms with Crippen LogP contribution in [-0.2, 0) is 17.8 Å². The molecule has 1 atom stereocenters. The molecule has 3 rings (SSSR count). The van der Waals surface area contributed by atoms with E-state index in [1.54, 1.807) is 0 Å². The van der Waals surface area contributed by atoms with Crippen molar-refractivity contribution in [2.45, 2.75) is 52.7 Å². The third kappa shape index (κ3) is 6.96. The van der Waals surface area contributed by atoms with E-state index in [0.717, 1.165) is 51.9 Å². The summed E-state index contributed by atoms with van der Waals surface area (Å²) in [4.78, 5) is 10.0. The van der Waals surface area contributed by atoms with E-state index >= 15 is 0 Å². The summed E-state index contributed by atoms with van der Waals surface area (Å²) in [6, 6.07) is 9.27. The van der Waals surface area contributed by atoms with Crippen LogP contribution in [0.1, 0.15) is 44.7 Å². The lowest BCUT2D eigenvalue weighted by molar-refractivity contribution is 0.0341. The van der Waals surface area contributed by atoms with Gasteiger partial charge in [-0.15, -0.1) is 0 Å². The summed E-state index contributed by atoms with van der Waals surface area (Å²) in [7, 11) is 0. The number of rotatable bonds is 9. The summed E-state index contributed by atoms with van der Waals surface area (Å²) in [6.07, 6.45) is 2.66. The van der Waals surface area contributed by atoms with Crippen LogP contribution in [0.3, 0.4) is 0 Å².